The van der Waals surface area contributed by atoms with Gasteiger partial charge in [-0.25, -0.2) is 14.4 Å². The van der Waals surface area contributed by atoms with Crippen molar-refractivity contribution in [3.8, 4) is 35.2 Å². The number of halogens is 1. The third-order valence-corrected chi connectivity index (χ3v) is 7.91. The van der Waals surface area contributed by atoms with Crippen LogP contribution in [0, 0.1) is 18.7 Å². The second-order valence-electron chi connectivity index (χ2n) is 10.3. The van der Waals surface area contributed by atoms with Crippen LogP contribution in [0.3, 0.4) is 0 Å². The van der Waals surface area contributed by atoms with Gasteiger partial charge in [-0.1, -0.05) is 45.0 Å². The smallest absolute Gasteiger partial charge is 0.133 e. The number of aromatic amines is 2. The van der Waals surface area contributed by atoms with E-state index in [4.69, 9.17) is 4.98 Å². The summed E-state index contributed by atoms with van der Waals surface area (Å²) < 4.78 is 15.2. The van der Waals surface area contributed by atoms with Gasteiger partial charge in [0, 0.05) is 29.6 Å². The molecule has 3 unspecified atom stereocenters. The third kappa shape index (κ3) is 5.13. The van der Waals surface area contributed by atoms with Crippen molar-refractivity contribution in [1.82, 2.24) is 30.2 Å². The van der Waals surface area contributed by atoms with Gasteiger partial charge in [-0.2, -0.15) is 0 Å². The van der Waals surface area contributed by atoms with Crippen LogP contribution in [0.1, 0.15) is 58.2 Å². The second-order valence-corrected chi connectivity index (χ2v) is 10.3. The topological polar surface area (TPSA) is 72.4 Å². The molecular formula is C33H37FN6. The van der Waals surface area contributed by atoms with E-state index < -0.39 is 0 Å². The van der Waals surface area contributed by atoms with Gasteiger partial charge >= 0.3 is 0 Å². The minimum Gasteiger partial charge on any atom is -0.341 e. The summed E-state index contributed by atoms with van der Waals surface area (Å²) in [5.74, 6) is 1.62. The van der Waals surface area contributed by atoms with Crippen LogP contribution in [0.4, 0.5) is 4.39 Å². The molecule has 2 saturated heterocycles. The van der Waals surface area contributed by atoms with Crippen molar-refractivity contribution in [3.05, 3.63) is 72.2 Å². The number of nitrogens with one attached hydrogen (secondary N) is 3. The Hall–Kier alpha value is -3.99. The lowest BCUT2D eigenvalue weighted by atomic mass is 9.99. The summed E-state index contributed by atoms with van der Waals surface area (Å²) in [6.45, 7) is 10.1. The number of hydrogen-bond donors (Lipinski definition) is 3. The molecule has 0 saturated carbocycles. The molecule has 2 aliphatic rings. The number of fused-ring (bicyclic) bond motifs is 4. The van der Waals surface area contributed by atoms with Gasteiger partial charge in [0.25, 0.3) is 0 Å². The minimum absolute atomic E-state index is 0.265. The Kier molecular flexibility index (Phi) is 8.02. The summed E-state index contributed by atoms with van der Waals surface area (Å²) in [6, 6.07) is 17.6. The number of hydrogen-bond acceptors (Lipinski definition) is 4. The van der Waals surface area contributed by atoms with E-state index in [1.807, 2.05) is 26.0 Å². The molecular weight excluding hydrogens is 499 g/mol. The first kappa shape index (κ1) is 27.6. The standard InChI is InChI=1S/C29H29FN6.C2H6.C2H2/c1-3-16(2)31-14-27-32-13-25(33-27)22-8-5-18(11-23(22)30)17-4-7-21-19(10-17)6-9-24-28(21)35-29(34-24)26-12-20-15-36(20)26;2*1-2/h4-11,13,16,20,26,31H,3,12,14-15H2,1-2H3,(H,32,33)(H,34,35);1-2H3;1-2H/t16?,20?,26-,36?;;/m0../s1. The Morgan fingerprint density at radius 2 is 1.85 bits per heavy atom. The van der Waals surface area contributed by atoms with Crippen LogP contribution < -0.4 is 5.32 Å². The fourth-order valence-corrected chi connectivity index (χ4v) is 5.39. The number of rotatable bonds is 7. The summed E-state index contributed by atoms with van der Waals surface area (Å²) in [5, 5.41) is 5.63. The second kappa shape index (κ2) is 11.6. The largest absolute Gasteiger partial charge is 0.341 e. The van der Waals surface area contributed by atoms with Crippen molar-refractivity contribution < 1.29 is 4.39 Å². The molecule has 206 valence electrons. The van der Waals surface area contributed by atoms with Crippen LogP contribution in [-0.2, 0) is 6.54 Å². The van der Waals surface area contributed by atoms with Crippen molar-refractivity contribution in [1.29, 1.82) is 0 Å². The summed E-state index contributed by atoms with van der Waals surface area (Å²) >= 11 is 0. The summed E-state index contributed by atoms with van der Waals surface area (Å²) in [5.41, 5.74) is 5.13. The van der Waals surface area contributed by atoms with Gasteiger partial charge in [0.1, 0.15) is 17.5 Å². The van der Waals surface area contributed by atoms with Gasteiger partial charge < -0.3 is 15.3 Å². The molecule has 0 radical (unpaired) electrons. The Balaban J connectivity index is 0.000000774. The molecule has 4 heterocycles. The van der Waals surface area contributed by atoms with E-state index in [1.54, 1.807) is 12.3 Å². The molecule has 5 aromatic rings. The lowest BCUT2D eigenvalue weighted by molar-refractivity contribution is 0.245. The summed E-state index contributed by atoms with van der Waals surface area (Å²) in [7, 11) is 0. The first-order valence-corrected chi connectivity index (χ1v) is 14.2. The fourth-order valence-electron chi connectivity index (χ4n) is 5.39. The molecule has 4 atom stereocenters. The fraction of sp³-hybridized carbons (Fsp3) is 0.333. The van der Waals surface area contributed by atoms with Crippen molar-refractivity contribution in [3.63, 3.8) is 0 Å². The van der Waals surface area contributed by atoms with E-state index in [0.29, 0.717) is 29.9 Å². The monoisotopic (exact) mass is 536 g/mol. The highest BCUT2D eigenvalue weighted by atomic mass is 19.1. The van der Waals surface area contributed by atoms with Crippen LogP contribution in [-0.4, -0.2) is 43.5 Å². The maximum absolute atomic E-state index is 15.2. The normalized spacial score (nSPS) is 19.5. The maximum atomic E-state index is 15.2. The molecule has 0 amide bonds. The first-order chi connectivity index (χ1) is 19.6. The summed E-state index contributed by atoms with van der Waals surface area (Å²) in [4.78, 5) is 18.6. The first-order valence-electron chi connectivity index (χ1n) is 14.2. The summed E-state index contributed by atoms with van der Waals surface area (Å²) in [6.07, 6.45) is 12.0. The zero-order valence-corrected chi connectivity index (χ0v) is 23.6. The maximum Gasteiger partial charge on any atom is 0.133 e. The predicted molar refractivity (Wildman–Crippen MR) is 162 cm³/mol. The van der Waals surface area contributed by atoms with Crippen molar-refractivity contribution in [2.75, 3.05) is 6.54 Å². The predicted octanol–water partition coefficient (Wildman–Crippen LogP) is 7.21. The van der Waals surface area contributed by atoms with Crippen LogP contribution in [0.15, 0.2) is 54.7 Å². The van der Waals surface area contributed by atoms with E-state index in [9.17, 15) is 0 Å². The van der Waals surface area contributed by atoms with E-state index in [1.165, 1.54) is 13.0 Å². The third-order valence-electron chi connectivity index (χ3n) is 7.91. The van der Waals surface area contributed by atoms with Gasteiger partial charge in [-0.05, 0) is 60.5 Å². The van der Waals surface area contributed by atoms with Crippen LogP contribution in [0.2, 0.25) is 0 Å². The van der Waals surface area contributed by atoms with Crippen molar-refractivity contribution >= 4 is 21.8 Å². The average molecular weight is 537 g/mol. The molecule has 0 aliphatic carbocycles. The Labute approximate surface area is 235 Å². The molecule has 3 N–H and O–H groups in total. The van der Waals surface area contributed by atoms with Gasteiger partial charge in [0.2, 0.25) is 0 Å². The number of nitrogens with zero attached hydrogens (tertiary/aromatic N) is 3. The molecule has 2 aromatic heterocycles. The average Bonchev–Trinajstić information content (AvgIpc) is 3.31. The van der Waals surface area contributed by atoms with Crippen LogP contribution >= 0.6 is 0 Å². The van der Waals surface area contributed by atoms with Gasteiger partial charge in [0.15, 0.2) is 0 Å². The van der Waals surface area contributed by atoms with Gasteiger partial charge in [-0.3, -0.25) is 4.90 Å². The molecule has 0 spiro atoms. The molecule has 7 rings (SSSR count). The van der Waals surface area contributed by atoms with E-state index >= 15 is 4.39 Å². The SMILES string of the molecule is C#C.CC.CCC(C)NCc1ncc(-c2ccc(-c3ccc4c(ccc5[nH]c([C@@H]6CC7CN76)nc54)c3)cc2F)[nH]1. The van der Waals surface area contributed by atoms with Crippen LogP contribution in [0.25, 0.3) is 44.2 Å². The molecule has 7 heteroatoms. The molecule has 40 heavy (non-hydrogen) atoms. The highest BCUT2D eigenvalue weighted by Crippen LogP contribution is 2.48. The quantitative estimate of drug-likeness (QED) is 0.152. The van der Waals surface area contributed by atoms with E-state index in [-0.39, 0.29) is 5.82 Å². The van der Waals surface area contributed by atoms with Crippen molar-refractivity contribution in [2.45, 2.75) is 65.2 Å². The van der Waals surface area contributed by atoms with E-state index in [0.717, 1.165) is 57.0 Å². The molecule has 2 fully saturated rings. The van der Waals surface area contributed by atoms with Gasteiger partial charge in [0.05, 0.1) is 35.5 Å². The molecule has 0 bridgehead atoms. The number of H-pyrrole nitrogens is 2. The Morgan fingerprint density at radius 1 is 1.07 bits per heavy atom. The van der Waals surface area contributed by atoms with Gasteiger partial charge in [-0.15, -0.1) is 12.8 Å². The number of imidazole rings is 2. The lowest BCUT2D eigenvalue weighted by Crippen LogP contribution is -2.25. The van der Waals surface area contributed by atoms with E-state index in [2.05, 4.69) is 82.2 Å². The number of benzene rings is 3. The van der Waals surface area contributed by atoms with Crippen molar-refractivity contribution in [2.24, 2.45) is 0 Å². The highest BCUT2D eigenvalue weighted by Gasteiger charge is 2.52. The Bertz CT molecular complexity index is 1650. The highest BCUT2D eigenvalue weighted by molar-refractivity contribution is 6.05. The zero-order chi connectivity index (χ0) is 28.4. The molecule has 3 aromatic carbocycles. The molecule has 6 nitrogen and oxygen atoms in total. The lowest BCUT2D eigenvalue weighted by Gasteiger charge is -2.24. The molecule has 2 aliphatic heterocycles. The zero-order valence-electron chi connectivity index (χ0n) is 23.6. The minimum atomic E-state index is -0.265. The Morgan fingerprint density at radius 3 is 2.55 bits per heavy atom. The van der Waals surface area contributed by atoms with Crippen LogP contribution in [0.5, 0.6) is 0 Å². The number of terminal acetylenes is 1. The number of aromatic nitrogens is 4.